The Morgan fingerprint density at radius 1 is 1.47 bits per heavy atom. The van der Waals surface area contributed by atoms with Crippen LogP contribution in [0.25, 0.3) is 0 Å². The summed E-state index contributed by atoms with van der Waals surface area (Å²) in [5.41, 5.74) is 2.13. The summed E-state index contributed by atoms with van der Waals surface area (Å²) >= 11 is 7.57. The van der Waals surface area contributed by atoms with Gasteiger partial charge in [-0.2, -0.15) is 0 Å². The fraction of sp³-hybridized carbons (Fsp3) is 0.308. The molecule has 0 saturated carbocycles. The second-order valence-electron chi connectivity index (χ2n) is 4.06. The fourth-order valence-electron chi connectivity index (χ4n) is 1.55. The van der Waals surface area contributed by atoms with Crippen LogP contribution in [-0.4, -0.2) is 16.7 Å². The predicted octanol–water partition coefficient (Wildman–Crippen LogP) is 3.48. The molecule has 1 N–H and O–H groups in total. The lowest BCUT2D eigenvalue weighted by Crippen LogP contribution is -1.99. The third-order valence-corrected chi connectivity index (χ3v) is 3.69. The Morgan fingerprint density at radius 2 is 2.29 bits per heavy atom. The molecule has 1 unspecified atom stereocenters. The smallest absolute Gasteiger partial charge is 0.0972 e. The molecule has 0 fully saturated rings. The number of thiazole rings is 1. The van der Waals surface area contributed by atoms with Gasteiger partial charge in [0.15, 0.2) is 0 Å². The zero-order chi connectivity index (χ0) is 12.3. The van der Waals surface area contributed by atoms with E-state index in [4.69, 9.17) is 16.7 Å². The number of aromatic nitrogens is 1. The number of rotatable bonds is 4. The van der Waals surface area contributed by atoms with Gasteiger partial charge >= 0.3 is 0 Å². The molecule has 0 aliphatic heterocycles. The van der Waals surface area contributed by atoms with E-state index in [9.17, 15) is 0 Å². The van der Waals surface area contributed by atoms with Crippen LogP contribution in [0.15, 0.2) is 29.6 Å². The van der Waals surface area contributed by atoms with Crippen LogP contribution in [-0.2, 0) is 6.42 Å². The molecule has 0 aliphatic carbocycles. The first-order valence-corrected chi connectivity index (χ1v) is 6.74. The predicted molar refractivity (Wildman–Crippen MR) is 71.9 cm³/mol. The first-order valence-electron chi connectivity index (χ1n) is 5.48. The largest absolute Gasteiger partial charge is 0.396 e. The number of aliphatic hydroxyl groups is 1. The maximum Gasteiger partial charge on any atom is 0.0972 e. The van der Waals surface area contributed by atoms with Crippen LogP contribution in [0.3, 0.4) is 0 Å². The van der Waals surface area contributed by atoms with E-state index in [1.165, 1.54) is 0 Å². The molecule has 2 rings (SSSR count). The van der Waals surface area contributed by atoms with Crippen molar-refractivity contribution in [3.05, 3.63) is 50.9 Å². The molecule has 1 heterocycles. The minimum absolute atomic E-state index is 0.111. The Morgan fingerprint density at radius 3 is 3.00 bits per heavy atom. The van der Waals surface area contributed by atoms with Gasteiger partial charge in [0.05, 0.1) is 17.3 Å². The molecule has 2 aromatic rings. The van der Waals surface area contributed by atoms with Crippen LogP contribution in [0.1, 0.15) is 29.1 Å². The van der Waals surface area contributed by atoms with Gasteiger partial charge in [-0.1, -0.05) is 30.7 Å². The van der Waals surface area contributed by atoms with Gasteiger partial charge in [-0.25, -0.2) is 4.98 Å². The third-order valence-electron chi connectivity index (χ3n) is 2.59. The molecular weight excluding hydrogens is 254 g/mol. The lowest BCUT2D eigenvalue weighted by molar-refractivity contribution is 0.271. The second-order valence-corrected chi connectivity index (χ2v) is 5.44. The normalized spacial score (nSPS) is 12.6. The van der Waals surface area contributed by atoms with Crippen LogP contribution in [0.4, 0.5) is 0 Å². The summed E-state index contributed by atoms with van der Waals surface area (Å²) in [5.74, 6) is 0.111. The van der Waals surface area contributed by atoms with Crippen LogP contribution in [0.5, 0.6) is 0 Å². The molecule has 0 saturated heterocycles. The van der Waals surface area contributed by atoms with Gasteiger partial charge in [-0.3, -0.25) is 0 Å². The molecule has 0 radical (unpaired) electrons. The van der Waals surface area contributed by atoms with Gasteiger partial charge < -0.3 is 5.11 Å². The van der Waals surface area contributed by atoms with Crippen LogP contribution in [0.2, 0.25) is 5.02 Å². The molecule has 2 nitrogen and oxygen atoms in total. The van der Waals surface area contributed by atoms with Gasteiger partial charge in [-0.15, -0.1) is 11.3 Å². The Labute approximate surface area is 110 Å². The Hall–Kier alpha value is -0.900. The van der Waals surface area contributed by atoms with Crippen molar-refractivity contribution in [1.29, 1.82) is 0 Å². The maximum absolute atomic E-state index is 9.07. The highest BCUT2D eigenvalue weighted by Crippen LogP contribution is 2.21. The molecule has 0 bridgehead atoms. The average molecular weight is 268 g/mol. The highest BCUT2D eigenvalue weighted by molar-refractivity contribution is 7.09. The fourth-order valence-corrected chi connectivity index (χ4v) is 2.71. The minimum atomic E-state index is 0.111. The number of aliphatic hydroxyl groups excluding tert-OH is 1. The number of hydrogen-bond donors (Lipinski definition) is 1. The summed E-state index contributed by atoms with van der Waals surface area (Å²) in [6, 6.07) is 7.81. The topological polar surface area (TPSA) is 33.1 Å². The maximum atomic E-state index is 9.07. The summed E-state index contributed by atoms with van der Waals surface area (Å²) in [5, 5.41) is 12.9. The van der Waals surface area contributed by atoms with Crippen molar-refractivity contribution in [2.45, 2.75) is 19.3 Å². The summed E-state index contributed by atoms with van der Waals surface area (Å²) in [7, 11) is 0. The zero-order valence-corrected chi connectivity index (χ0v) is 11.1. The minimum Gasteiger partial charge on any atom is -0.396 e. The van der Waals surface area contributed by atoms with Gasteiger partial charge in [0, 0.05) is 22.7 Å². The Balaban J connectivity index is 2.11. The van der Waals surface area contributed by atoms with E-state index in [0.29, 0.717) is 0 Å². The lowest BCUT2D eigenvalue weighted by Gasteiger charge is -2.02. The van der Waals surface area contributed by atoms with E-state index in [1.54, 1.807) is 11.3 Å². The van der Waals surface area contributed by atoms with Crippen molar-refractivity contribution in [3.8, 4) is 0 Å². The Bertz CT molecular complexity index is 498. The van der Waals surface area contributed by atoms with E-state index in [2.05, 4.69) is 4.98 Å². The molecule has 1 atom stereocenters. The van der Waals surface area contributed by atoms with Crippen molar-refractivity contribution in [3.63, 3.8) is 0 Å². The van der Waals surface area contributed by atoms with Crippen molar-refractivity contribution in [2.75, 3.05) is 6.61 Å². The van der Waals surface area contributed by atoms with Crippen molar-refractivity contribution in [1.82, 2.24) is 4.98 Å². The van der Waals surface area contributed by atoms with Gasteiger partial charge in [0.2, 0.25) is 0 Å². The molecule has 0 amide bonds. The zero-order valence-electron chi connectivity index (χ0n) is 9.56. The number of hydrogen-bond acceptors (Lipinski definition) is 3. The standard InChI is InChI=1S/C13H14ClNOS/c1-9(7-16)12-8-17-13(15-12)6-10-3-2-4-11(14)5-10/h2-5,8-9,16H,6-7H2,1H3. The first-order chi connectivity index (χ1) is 8.19. The molecule has 90 valence electrons. The molecule has 0 aliphatic rings. The monoisotopic (exact) mass is 267 g/mol. The van der Waals surface area contributed by atoms with Crippen LogP contribution < -0.4 is 0 Å². The van der Waals surface area contributed by atoms with Gasteiger partial charge in [0.1, 0.15) is 0 Å². The van der Waals surface area contributed by atoms with Gasteiger partial charge in [0.25, 0.3) is 0 Å². The van der Waals surface area contributed by atoms with E-state index < -0.39 is 0 Å². The Kier molecular flexibility index (Phi) is 4.15. The number of halogens is 1. The van der Waals surface area contributed by atoms with Crippen molar-refractivity contribution < 1.29 is 5.11 Å². The highest BCUT2D eigenvalue weighted by atomic mass is 35.5. The summed E-state index contributed by atoms with van der Waals surface area (Å²) in [4.78, 5) is 4.52. The van der Waals surface area contributed by atoms with Crippen molar-refractivity contribution >= 4 is 22.9 Å². The third kappa shape index (κ3) is 3.28. The van der Waals surface area contributed by atoms with Crippen LogP contribution in [0, 0.1) is 0 Å². The highest BCUT2D eigenvalue weighted by Gasteiger charge is 2.09. The van der Waals surface area contributed by atoms with E-state index in [0.717, 1.165) is 27.7 Å². The molecule has 0 spiro atoms. The van der Waals surface area contributed by atoms with E-state index >= 15 is 0 Å². The SMILES string of the molecule is CC(CO)c1csc(Cc2cccc(Cl)c2)n1. The molecule has 1 aromatic carbocycles. The van der Waals surface area contributed by atoms with Crippen LogP contribution >= 0.6 is 22.9 Å². The summed E-state index contributed by atoms with van der Waals surface area (Å²) in [6.07, 6.45) is 0.795. The average Bonchev–Trinajstić information content (AvgIpc) is 2.76. The summed E-state index contributed by atoms with van der Waals surface area (Å²) < 4.78 is 0. The summed E-state index contributed by atoms with van der Waals surface area (Å²) in [6.45, 7) is 2.11. The number of nitrogens with zero attached hydrogens (tertiary/aromatic N) is 1. The number of benzene rings is 1. The molecule has 17 heavy (non-hydrogen) atoms. The molecule has 4 heteroatoms. The molecular formula is C13H14ClNOS. The van der Waals surface area contributed by atoms with Crippen molar-refractivity contribution in [2.24, 2.45) is 0 Å². The first kappa shape index (κ1) is 12.6. The van der Waals surface area contributed by atoms with E-state index in [-0.39, 0.29) is 12.5 Å². The van der Waals surface area contributed by atoms with Gasteiger partial charge in [-0.05, 0) is 17.7 Å². The lowest BCUT2D eigenvalue weighted by atomic mass is 10.1. The van der Waals surface area contributed by atoms with E-state index in [1.807, 2.05) is 36.6 Å². The quantitative estimate of drug-likeness (QED) is 0.920. The molecule has 1 aromatic heterocycles. The second kappa shape index (κ2) is 5.63.